The van der Waals surface area contributed by atoms with Crippen molar-refractivity contribution in [2.45, 2.75) is 19.8 Å². The molecule has 0 bridgehead atoms. The van der Waals surface area contributed by atoms with E-state index in [1.165, 1.54) is 13.3 Å². The van der Waals surface area contributed by atoms with E-state index < -0.39 is 11.9 Å². The lowest BCUT2D eigenvalue weighted by atomic mass is 10.1. The van der Waals surface area contributed by atoms with E-state index in [-0.39, 0.29) is 16.8 Å². The van der Waals surface area contributed by atoms with Crippen LogP contribution in [-0.2, 0) is 9.53 Å². The first kappa shape index (κ1) is 21.5. The number of unbranched alkanes of at least 4 members (excludes halogenated alkanes) is 1. The number of carbonyl (C=O) groups excluding carboxylic acids is 2. The van der Waals surface area contributed by atoms with E-state index in [1.54, 1.807) is 42.5 Å². The van der Waals surface area contributed by atoms with Gasteiger partial charge >= 0.3 is 5.97 Å². The molecule has 0 aliphatic carbocycles. The normalized spacial score (nSPS) is 10.6. The zero-order chi connectivity index (χ0) is 21.1. The van der Waals surface area contributed by atoms with Crippen LogP contribution in [0, 0.1) is 11.3 Å². The first-order valence-electron chi connectivity index (χ1n) is 9.18. The highest BCUT2D eigenvalue weighted by molar-refractivity contribution is 6.09. The SMILES string of the molecule is CCCCOC(=O)c1ccccc1NC(=O)/C(C#N)=C\Nc1ccccc1OC. The largest absolute Gasteiger partial charge is 0.495 e. The van der Waals surface area contributed by atoms with E-state index in [0.717, 1.165) is 12.8 Å². The van der Waals surface area contributed by atoms with Gasteiger partial charge < -0.3 is 20.1 Å². The number of carbonyl (C=O) groups is 2. The van der Waals surface area contributed by atoms with E-state index in [9.17, 15) is 14.9 Å². The third-order valence-electron chi connectivity index (χ3n) is 3.97. The van der Waals surface area contributed by atoms with E-state index in [0.29, 0.717) is 18.0 Å². The number of ether oxygens (including phenoxy) is 2. The van der Waals surface area contributed by atoms with Gasteiger partial charge in [-0.1, -0.05) is 37.6 Å². The molecule has 2 aromatic rings. The van der Waals surface area contributed by atoms with Crippen LogP contribution in [0.25, 0.3) is 0 Å². The highest BCUT2D eigenvalue weighted by Gasteiger charge is 2.16. The Kier molecular flexibility index (Phi) is 8.27. The Morgan fingerprint density at radius 2 is 1.79 bits per heavy atom. The van der Waals surface area contributed by atoms with Crippen LogP contribution in [0.1, 0.15) is 30.1 Å². The molecule has 0 atom stereocenters. The fraction of sp³-hybridized carbons (Fsp3) is 0.227. The van der Waals surface area contributed by atoms with Crippen LogP contribution in [-0.4, -0.2) is 25.6 Å². The number of benzene rings is 2. The summed E-state index contributed by atoms with van der Waals surface area (Å²) in [6.45, 7) is 2.31. The molecule has 2 rings (SSSR count). The predicted octanol–water partition coefficient (Wildman–Crippen LogP) is 4.11. The molecule has 0 fully saturated rings. The molecule has 1 amide bonds. The van der Waals surface area contributed by atoms with Crippen molar-refractivity contribution in [2.24, 2.45) is 0 Å². The molecular formula is C22H23N3O4. The lowest BCUT2D eigenvalue weighted by molar-refractivity contribution is -0.112. The van der Waals surface area contributed by atoms with Crippen LogP contribution in [0.3, 0.4) is 0 Å². The summed E-state index contributed by atoms with van der Waals surface area (Å²) >= 11 is 0. The maximum atomic E-state index is 12.5. The third-order valence-corrected chi connectivity index (χ3v) is 3.97. The molecule has 0 aromatic heterocycles. The van der Waals surface area contributed by atoms with Crippen molar-refractivity contribution < 1.29 is 19.1 Å². The molecule has 0 unspecified atom stereocenters. The second-order valence-corrected chi connectivity index (χ2v) is 6.00. The van der Waals surface area contributed by atoms with Crippen LogP contribution < -0.4 is 15.4 Å². The quantitative estimate of drug-likeness (QED) is 0.288. The number of nitrogens with one attached hydrogen (secondary N) is 2. The van der Waals surface area contributed by atoms with Gasteiger partial charge in [0.25, 0.3) is 5.91 Å². The molecule has 0 saturated carbocycles. The summed E-state index contributed by atoms with van der Waals surface area (Å²) in [5, 5.41) is 14.8. The first-order valence-corrected chi connectivity index (χ1v) is 9.18. The number of nitrogens with zero attached hydrogens (tertiary/aromatic N) is 1. The second kappa shape index (κ2) is 11.1. The van der Waals surface area contributed by atoms with Gasteiger partial charge in [-0.2, -0.15) is 5.26 Å². The number of methoxy groups -OCH3 is 1. The molecule has 29 heavy (non-hydrogen) atoms. The summed E-state index contributed by atoms with van der Waals surface area (Å²) in [7, 11) is 1.53. The number of hydrogen-bond donors (Lipinski definition) is 2. The Bertz CT molecular complexity index is 932. The van der Waals surface area contributed by atoms with Crippen molar-refractivity contribution in [3.05, 3.63) is 65.9 Å². The van der Waals surface area contributed by atoms with E-state index in [4.69, 9.17) is 9.47 Å². The molecule has 0 heterocycles. The summed E-state index contributed by atoms with van der Waals surface area (Å²) in [6, 6.07) is 15.5. The van der Waals surface area contributed by atoms with Gasteiger partial charge in [0.15, 0.2) is 0 Å². The summed E-state index contributed by atoms with van der Waals surface area (Å²) in [4.78, 5) is 24.8. The van der Waals surface area contributed by atoms with Crippen LogP contribution in [0.5, 0.6) is 5.75 Å². The fourth-order valence-electron chi connectivity index (χ4n) is 2.41. The van der Waals surface area contributed by atoms with Crippen molar-refractivity contribution in [3.8, 4) is 11.8 Å². The molecular weight excluding hydrogens is 370 g/mol. The minimum absolute atomic E-state index is 0.162. The maximum Gasteiger partial charge on any atom is 0.340 e. The van der Waals surface area contributed by atoms with Gasteiger partial charge in [-0.3, -0.25) is 4.79 Å². The minimum Gasteiger partial charge on any atom is -0.495 e. The third kappa shape index (κ3) is 6.11. The zero-order valence-electron chi connectivity index (χ0n) is 16.4. The molecule has 7 heteroatoms. The predicted molar refractivity (Wildman–Crippen MR) is 111 cm³/mol. The Morgan fingerprint density at radius 1 is 1.10 bits per heavy atom. The van der Waals surface area contributed by atoms with Crippen LogP contribution in [0.4, 0.5) is 11.4 Å². The Hall–Kier alpha value is -3.79. The Balaban J connectivity index is 2.14. The standard InChI is InChI=1S/C22H23N3O4/c1-3-4-13-29-22(27)17-9-5-6-10-18(17)25-21(26)16(14-23)15-24-19-11-7-8-12-20(19)28-2/h5-12,15,24H,3-4,13H2,1-2H3,(H,25,26)/b16-15-. The van der Waals surface area contributed by atoms with Gasteiger partial charge in [0, 0.05) is 6.20 Å². The smallest absolute Gasteiger partial charge is 0.340 e. The number of anilines is 2. The summed E-state index contributed by atoms with van der Waals surface area (Å²) in [6.07, 6.45) is 2.95. The molecule has 0 aliphatic rings. The van der Waals surface area contributed by atoms with E-state index >= 15 is 0 Å². The molecule has 0 spiro atoms. The van der Waals surface area contributed by atoms with Crippen molar-refractivity contribution >= 4 is 23.3 Å². The van der Waals surface area contributed by atoms with E-state index in [1.807, 2.05) is 19.1 Å². The van der Waals surface area contributed by atoms with Gasteiger partial charge in [0.05, 0.1) is 30.7 Å². The molecule has 0 radical (unpaired) electrons. The highest BCUT2D eigenvalue weighted by Crippen LogP contribution is 2.23. The number of amides is 1. The molecule has 0 aliphatic heterocycles. The van der Waals surface area contributed by atoms with Crippen LogP contribution in [0.15, 0.2) is 60.3 Å². The topological polar surface area (TPSA) is 100 Å². The van der Waals surface area contributed by atoms with Crippen molar-refractivity contribution in [1.29, 1.82) is 5.26 Å². The monoisotopic (exact) mass is 393 g/mol. The van der Waals surface area contributed by atoms with E-state index in [2.05, 4.69) is 10.6 Å². The average molecular weight is 393 g/mol. The molecule has 2 aromatic carbocycles. The van der Waals surface area contributed by atoms with Gasteiger partial charge in [-0.25, -0.2) is 4.79 Å². The number of hydrogen-bond acceptors (Lipinski definition) is 6. The first-order chi connectivity index (χ1) is 14.1. The number of esters is 1. The lowest BCUT2D eigenvalue weighted by Crippen LogP contribution is -2.18. The van der Waals surface area contributed by atoms with Gasteiger partial charge in [-0.15, -0.1) is 0 Å². The van der Waals surface area contributed by atoms with Crippen LogP contribution >= 0.6 is 0 Å². The average Bonchev–Trinajstić information content (AvgIpc) is 2.75. The van der Waals surface area contributed by atoms with Crippen molar-refractivity contribution in [1.82, 2.24) is 0 Å². The minimum atomic E-state index is -0.649. The molecule has 7 nitrogen and oxygen atoms in total. The Labute approximate surface area is 169 Å². The highest BCUT2D eigenvalue weighted by atomic mass is 16.5. The van der Waals surface area contributed by atoms with Gasteiger partial charge in [0.1, 0.15) is 17.4 Å². The summed E-state index contributed by atoms with van der Waals surface area (Å²) in [5.74, 6) is -0.602. The van der Waals surface area contributed by atoms with Gasteiger partial charge in [0.2, 0.25) is 0 Å². The summed E-state index contributed by atoms with van der Waals surface area (Å²) in [5.41, 5.74) is 0.949. The number of nitriles is 1. The Morgan fingerprint density at radius 3 is 2.48 bits per heavy atom. The maximum absolute atomic E-state index is 12.5. The fourth-order valence-corrected chi connectivity index (χ4v) is 2.41. The van der Waals surface area contributed by atoms with Crippen molar-refractivity contribution in [2.75, 3.05) is 24.4 Å². The number of rotatable bonds is 9. The van der Waals surface area contributed by atoms with Crippen molar-refractivity contribution in [3.63, 3.8) is 0 Å². The molecule has 2 N–H and O–H groups in total. The van der Waals surface area contributed by atoms with Gasteiger partial charge in [-0.05, 0) is 30.7 Å². The zero-order valence-corrected chi connectivity index (χ0v) is 16.4. The summed E-state index contributed by atoms with van der Waals surface area (Å²) < 4.78 is 10.4. The second-order valence-electron chi connectivity index (χ2n) is 6.00. The molecule has 0 saturated heterocycles. The molecule has 150 valence electrons. The number of para-hydroxylation sites is 3. The lowest BCUT2D eigenvalue weighted by Gasteiger charge is -2.11. The van der Waals surface area contributed by atoms with Crippen LogP contribution in [0.2, 0.25) is 0 Å².